The van der Waals surface area contributed by atoms with Crippen LogP contribution in [0.5, 0.6) is 0 Å². The Kier molecular flexibility index (Phi) is 4.29. The summed E-state index contributed by atoms with van der Waals surface area (Å²) >= 11 is 0. The van der Waals surface area contributed by atoms with Crippen LogP contribution in [0.1, 0.15) is 85.5 Å². The second-order valence-corrected chi connectivity index (χ2v) is 11.3. The van der Waals surface area contributed by atoms with Gasteiger partial charge in [-0.3, -0.25) is 0 Å². The summed E-state index contributed by atoms with van der Waals surface area (Å²) < 4.78 is 0. The van der Waals surface area contributed by atoms with Gasteiger partial charge in [0, 0.05) is 0 Å². The highest BCUT2D eigenvalue weighted by atomic mass is 14.7. The summed E-state index contributed by atoms with van der Waals surface area (Å²) in [4.78, 5) is 0. The quantitative estimate of drug-likeness (QED) is 0.465. The Morgan fingerprint density at radius 3 is 1.84 bits per heavy atom. The predicted molar refractivity (Wildman–Crippen MR) is 106 cm³/mol. The molecule has 0 aliphatic heterocycles. The molecule has 0 aromatic carbocycles. The van der Waals surface area contributed by atoms with Crippen LogP contribution in [-0.4, -0.2) is 0 Å². The van der Waals surface area contributed by atoms with Gasteiger partial charge >= 0.3 is 0 Å². The van der Waals surface area contributed by atoms with Gasteiger partial charge in [-0.25, -0.2) is 0 Å². The van der Waals surface area contributed by atoms with Crippen molar-refractivity contribution in [2.45, 2.75) is 85.5 Å². The minimum Gasteiger partial charge on any atom is -0.0651 e. The van der Waals surface area contributed by atoms with Gasteiger partial charge in [-0.15, -0.1) is 0 Å². The Morgan fingerprint density at radius 2 is 1.44 bits per heavy atom. The van der Waals surface area contributed by atoms with Gasteiger partial charge in [0.05, 0.1) is 0 Å². The molecule has 0 heterocycles. The Balaban J connectivity index is 1.30. The van der Waals surface area contributed by atoms with Crippen molar-refractivity contribution in [3.05, 3.63) is 0 Å². The van der Waals surface area contributed by atoms with Crippen molar-refractivity contribution in [1.82, 2.24) is 0 Å². The molecule has 6 aliphatic rings. The van der Waals surface area contributed by atoms with E-state index in [9.17, 15) is 0 Å². The van der Waals surface area contributed by atoms with Crippen LogP contribution in [0.2, 0.25) is 0 Å². The van der Waals surface area contributed by atoms with E-state index in [0.717, 1.165) is 71.0 Å². The maximum Gasteiger partial charge on any atom is -0.0321 e. The summed E-state index contributed by atoms with van der Waals surface area (Å²) in [6, 6.07) is 0. The summed E-state index contributed by atoms with van der Waals surface area (Å²) in [5.74, 6) is 13.4. The van der Waals surface area contributed by atoms with E-state index < -0.39 is 0 Å². The van der Waals surface area contributed by atoms with E-state index in [2.05, 4.69) is 27.7 Å². The van der Waals surface area contributed by atoms with Crippen LogP contribution in [0.3, 0.4) is 0 Å². The van der Waals surface area contributed by atoms with Gasteiger partial charge < -0.3 is 0 Å². The van der Waals surface area contributed by atoms with E-state index >= 15 is 0 Å². The standard InChI is InChI=1S/C25H42/c1-5-17-20-13-21-18(6-2)25(20)22(24(17)21)12-16-10-11-19(16)23(14(3)4)15-8-7-9-15/h14-25H,5-13H2,1-4H3/t16?,17?,18?,19?,20?,21?,22?,23-,24?,25?/m1/s1. The van der Waals surface area contributed by atoms with Crippen LogP contribution in [0.15, 0.2) is 0 Å². The van der Waals surface area contributed by atoms with E-state index in [4.69, 9.17) is 0 Å². The third-order valence-electron chi connectivity index (χ3n) is 10.6. The first kappa shape index (κ1) is 17.1. The largest absolute Gasteiger partial charge is 0.0651 e. The van der Waals surface area contributed by atoms with Crippen molar-refractivity contribution in [2.75, 3.05) is 0 Å². The summed E-state index contributed by atoms with van der Waals surface area (Å²) in [6.07, 6.45) is 14.1. The van der Waals surface area contributed by atoms with Gasteiger partial charge in [0.25, 0.3) is 0 Å². The highest BCUT2D eigenvalue weighted by Gasteiger charge is 2.68. The summed E-state index contributed by atoms with van der Waals surface area (Å²) in [7, 11) is 0. The topological polar surface area (TPSA) is 0 Å². The van der Waals surface area contributed by atoms with E-state index in [1.807, 2.05) is 0 Å². The highest BCUT2D eigenvalue weighted by molar-refractivity contribution is 5.16. The molecular formula is C25H42. The number of hydrogen-bond donors (Lipinski definition) is 0. The Morgan fingerprint density at radius 1 is 0.800 bits per heavy atom. The van der Waals surface area contributed by atoms with Gasteiger partial charge in [0.15, 0.2) is 0 Å². The van der Waals surface area contributed by atoms with Gasteiger partial charge in [0.2, 0.25) is 0 Å². The molecule has 0 radical (unpaired) electrons. The molecule has 0 N–H and O–H groups in total. The molecule has 6 aliphatic carbocycles. The zero-order chi connectivity index (χ0) is 17.3. The fourth-order valence-electron chi connectivity index (χ4n) is 9.70. The Hall–Kier alpha value is 0. The van der Waals surface area contributed by atoms with Crippen LogP contribution in [-0.2, 0) is 0 Å². The fraction of sp³-hybridized carbons (Fsp3) is 1.00. The third kappa shape index (κ3) is 2.30. The molecule has 0 saturated heterocycles. The molecule has 142 valence electrons. The lowest BCUT2D eigenvalue weighted by Crippen LogP contribution is -2.42. The lowest BCUT2D eigenvalue weighted by Gasteiger charge is -2.50. The maximum absolute atomic E-state index is 2.53. The molecule has 0 aromatic heterocycles. The zero-order valence-electron chi connectivity index (χ0n) is 17.3. The molecule has 8 unspecified atom stereocenters. The molecule has 6 fully saturated rings. The monoisotopic (exact) mass is 342 g/mol. The first-order valence-corrected chi connectivity index (χ1v) is 12.2. The van der Waals surface area contributed by atoms with Gasteiger partial charge in [0.1, 0.15) is 0 Å². The molecule has 6 rings (SSSR count). The normalized spacial score (nSPS) is 52.0. The molecule has 6 saturated carbocycles. The van der Waals surface area contributed by atoms with Crippen LogP contribution >= 0.6 is 0 Å². The summed E-state index contributed by atoms with van der Waals surface area (Å²) in [5, 5.41) is 0. The van der Waals surface area contributed by atoms with Crippen LogP contribution in [0.4, 0.5) is 0 Å². The van der Waals surface area contributed by atoms with Gasteiger partial charge in [-0.1, -0.05) is 59.8 Å². The zero-order valence-corrected chi connectivity index (χ0v) is 17.3. The average molecular weight is 343 g/mol. The lowest BCUT2D eigenvalue weighted by atomic mass is 9.55. The van der Waals surface area contributed by atoms with Crippen molar-refractivity contribution >= 4 is 0 Å². The number of hydrogen-bond acceptors (Lipinski definition) is 0. The highest BCUT2D eigenvalue weighted by Crippen LogP contribution is 2.74. The predicted octanol–water partition coefficient (Wildman–Crippen LogP) is 7.04. The second-order valence-electron chi connectivity index (χ2n) is 11.3. The maximum atomic E-state index is 2.53. The molecule has 0 amide bonds. The van der Waals surface area contributed by atoms with Crippen molar-refractivity contribution < 1.29 is 0 Å². The number of rotatable bonds is 7. The SMILES string of the molecule is CCC1C2CC3C(CC)C2C(CC2CCC2[C@H](C(C)C)C2CCC2)C13. The van der Waals surface area contributed by atoms with Gasteiger partial charge in [-0.05, 0) is 96.7 Å². The first-order valence-electron chi connectivity index (χ1n) is 12.2. The smallest absolute Gasteiger partial charge is 0.0321 e. The van der Waals surface area contributed by atoms with Crippen molar-refractivity contribution in [3.8, 4) is 0 Å². The van der Waals surface area contributed by atoms with E-state index in [1.165, 1.54) is 19.3 Å². The van der Waals surface area contributed by atoms with Gasteiger partial charge in [-0.2, -0.15) is 0 Å². The molecular weight excluding hydrogens is 300 g/mol. The summed E-state index contributed by atoms with van der Waals surface area (Å²) in [6.45, 7) is 10.1. The minimum atomic E-state index is 0.929. The van der Waals surface area contributed by atoms with E-state index in [1.54, 1.807) is 38.5 Å². The second kappa shape index (κ2) is 6.27. The van der Waals surface area contributed by atoms with E-state index in [-0.39, 0.29) is 0 Å². The average Bonchev–Trinajstić information content (AvgIpc) is 3.21. The van der Waals surface area contributed by atoms with E-state index in [0.29, 0.717) is 0 Å². The Bertz CT molecular complexity index is 466. The van der Waals surface area contributed by atoms with Crippen LogP contribution in [0, 0.1) is 71.0 Å². The fourth-order valence-corrected chi connectivity index (χ4v) is 9.70. The molecule has 9 atom stereocenters. The molecule has 25 heavy (non-hydrogen) atoms. The third-order valence-corrected chi connectivity index (χ3v) is 10.6. The molecule has 0 nitrogen and oxygen atoms in total. The lowest BCUT2D eigenvalue weighted by molar-refractivity contribution is -0.00710. The van der Waals surface area contributed by atoms with Crippen LogP contribution < -0.4 is 0 Å². The molecule has 0 spiro atoms. The summed E-state index contributed by atoms with van der Waals surface area (Å²) in [5.41, 5.74) is 0. The van der Waals surface area contributed by atoms with Crippen molar-refractivity contribution in [1.29, 1.82) is 0 Å². The molecule has 0 heteroatoms. The van der Waals surface area contributed by atoms with Crippen molar-refractivity contribution in [2.24, 2.45) is 71.0 Å². The minimum absolute atomic E-state index is 0.929. The Labute approximate surface area is 156 Å². The first-order chi connectivity index (χ1) is 12.2. The van der Waals surface area contributed by atoms with Crippen LogP contribution in [0.25, 0.3) is 0 Å². The molecule has 4 bridgehead atoms. The molecule has 0 aromatic rings. The van der Waals surface area contributed by atoms with Crippen molar-refractivity contribution in [3.63, 3.8) is 0 Å².